The van der Waals surface area contributed by atoms with Crippen molar-refractivity contribution in [3.63, 3.8) is 0 Å². The van der Waals surface area contributed by atoms with Gasteiger partial charge in [0, 0.05) is 6.92 Å². The Bertz CT molecular complexity index is 466. The predicted molar refractivity (Wildman–Crippen MR) is 73.6 cm³/mol. The Morgan fingerprint density at radius 3 is 2.45 bits per heavy atom. The average molecular weight is 354 g/mol. The van der Waals surface area contributed by atoms with Gasteiger partial charge in [-0.3, -0.25) is 4.90 Å². The Hall–Kier alpha value is -1.18. The normalized spacial score (nSPS) is 12.3. The summed E-state index contributed by atoms with van der Waals surface area (Å²) in [6.07, 6.45) is 0.693. The number of H-pyrrole nitrogens is 1. The van der Waals surface area contributed by atoms with E-state index in [-0.39, 0.29) is 6.54 Å². The lowest BCUT2D eigenvalue weighted by atomic mass is 10.2. The molecule has 1 amide bonds. The summed E-state index contributed by atoms with van der Waals surface area (Å²) in [5, 5.41) is 0. The van der Waals surface area contributed by atoms with E-state index in [0.29, 0.717) is 10.4 Å². The molecular weight excluding hydrogens is 336 g/mol. The lowest BCUT2D eigenvalue weighted by Crippen LogP contribution is -2.42. The number of rotatable bonds is 4. The molecular formula is C12H18BrF2N3O2. The summed E-state index contributed by atoms with van der Waals surface area (Å²) >= 11 is 3.17. The van der Waals surface area contributed by atoms with Gasteiger partial charge in [-0.15, -0.1) is 0 Å². The molecule has 0 saturated heterocycles. The number of imidazole rings is 1. The fraction of sp³-hybridized carbons (Fsp3) is 0.667. The minimum Gasteiger partial charge on any atom is -0.444 e. The molecule has 0 bridgehead atoms. The average Bonchev–Trinajstić information content (AvgIpc) is 2.58. The number of nitrogens with one attached hydrogen (secondary N) is 1. The maximum Gasteiger partial charge on any atom is 0.410 e. The molecule has 5 nitrogen and oxygen atoms in total. The molecule has 0 aromatic carbocycles. The van der Waals surface area contributed by atoms with Crippen LogP contribution >= 0.6 is 15.9 Å². The number of hydrogen-bond acceptors (Lipinski definition) is 3. The summed E-state index contributed by atoms with van der Waals surface area (Å²) in [5.74, 6) is -2.62. The molecule has 1 aromatic heterocycles. The van der Waals surface area contributed by atoms with Crippen LogP contribution < -0.4 is 0 Å². The first-order valence-corrected chi connectivity index (χ1v) is 6.81. The summed E-state index contributed by atoms with van der Waals surface area (Å²) in [5.41, 5.74) is -0.748. The molecule has 0 fully saturated rings. The monoisotopic (exact) mass is 353 g/mol. The summed E-state index contributed by atoms with van der Waals surface area (Å²) in [7, 11) is 0. The first kappa shape index (κ1) is 16.9. The van der Waals surface area contributed by atoms with Crippen LogP contribution in [-0.4, -0.2) is 39.0 Å². The smallest absolute Gasteiger partial charge is 0.410 e. The number of halogens is 3. The van der Waals surface area contributed by atoms with Crippen LogP contribution in [0.5, 0.6) is 0 Å². The van der Waals surface area contributed by atoms with Crippen LogP contribution in [0.4, 0.5) is 13.6 Å². The highest BCUT2D eigenvalue weighted by Gasteiger charge is 2.31. The molecule has 1 rings (SSSR count). The van der Waals surface area contributed by atoms with Gasteiger partial charge in [0.25, 0.3) is 5.92 Å². The van der Waals surface area contributed by atoms with E-state index >= 15 is 0 Å². The van der Waals surface area contributed by atoms with Gasteiger partial charge in [0.2, 0.25) is 0 Å². The zero-order valence-electron chi connectivity index (χ0n) is 11.8. The Morgan fingerprint density at radius 2 is 2.05 bits per heavy atom. The van der Waals surface area contributed by atoms with Crippen LogP contribution in [0.3, 0.4) is 0 Å². The minimum atomic E-state index is -3.01. The lowest BCUT2D eigenvalue weighted by Gasteiger charge is -2.28. The number of carbonyl (C=O) groups is 1. The van der Waals surface area contributed by atoms with Crippen molar-refractivity contribution in [1.82, 2.24) is 14.9 Å². The second kappa shape index (κ2) is 6.07. The van der Waals surface area contributed by atoms with E-state index in [1.165, 1.54) is 6.20 Å². The van der Waals surface area contributed by atoms with Gasteiger partial charge in [0.15, 0.2) is 0 Å². The fourth-order valence-electron chi connectivity index (χ4n) is 1.44. The zero-order valence-corrected chi connectivity index (χ0v) is 13.4. The van der Waals surface area contributed by atoms with Gasteiger partial charge in [0.05, 0.1) is 19.3 Å². The molecule has 0 aliphatic heterocycles. The van der Waals surface area contributed by atoms with Crippen LogP contribution in [0.1, 0.15) is 33.5 Å². The third-order valence-electron chi connectivity index (χ3n) is 2.06. The number of alkyl halides is 2. The van der Waals surface area contributed by atoms with Gasteiger partial charge < -0.3 is 9.72 Å². The second-order valence-corrected chi connectivity index (χ2v) is 6.44. The highest BCUT2D eigenvalue weighted by Crippen LogP contribution is 2.18. The van der Waals surface area contributed by atoms with Crippen molar-refractivity contribution in [2.24, 2.45) is 0 Å². The molecule has 8 heteroatoms. The van der Waals surface area contributed by atoms with Crippen LogP contribution in [0, 0.1) is 0 Å². The summed E-state index contributed by atoms with van der Waals surface area (Å²) in [6, 6.07) is 0. The fourth-order valence-corrected chi connectivity index (χ4v) is 1.78. The summed E-state index contributed by atoms with van der Waals surface area (Å²) in [6.45, 7) is 4.97. The molecule has 0 aliphatic rings. The highest BCUT2D eigenvalue weighted by molar-refractivity contribution is 9.10. The van der Waals surface area contributed by atoms with Crippen molar-refractivity contribution in [3.05, 3.63) is 16.6 Å². The van der Waals surface area contributed by atoms with Crippen molar-refractivity contribution in [2.75, 3.05) is 6.54 Å². The van der Waals surface area contributed by atoms with Gasteiger partial charge in [-0.05, 0) is 36.7 Å². The highest BCUT2D eigenvalue weighted by atomic mass is 79.9. The van der Waals surface area contributed by atoms with E-state index < -0.39 is 24.2 Å². The van der Waals surface area contributed by atoms with E-state index in [1.54, 1.807) is 20.8 Å². The maximum absolute atomic E-state index is 13.2. The molecule has 0 saturated carbocycles. The lowest BCUT2D eigenvalue weighted by molar-refractivity contribution is -0.0324. The van der Waals surface area contributed by atoms with Crippen molar-refractivity contribution in [1.29, 1.82) is 0 Å². The molecule has 1 aromatic rings. The van der Waals surface area contributed by atoms with E-state index in [1.807, 2.05) is 0 Å². The standard InChI is InChI=1S/C12H18BrF2N3O2/c1-11(2,3)20-10(19)18(7-12(4,14)15)6-9-16-5-8(13)17-9/h5H,6-7H2,1-4H3,(H,16,17). The summed E-state index contributed by atoms with van der Waals surface area (Å²) < 4.78 is 32.1. The molecule has 0 atom stereocenters. The van der Waals surface area contributed by atoms with Crippen LogP contribution in [0.15, 0.2) is 10.8 Å². The van der Waals surface area contributed by atoms with E-state index in [2.05, 4.69) is 25.9 Å². The Balaban J connectivity index is 2.82. The van der Waals surface area contributed by atoms with Crippen LogP contribution in [0.25, 0.3) is 0 Å². The minimum absolute atomic E-state index is 0.0794. The number of ether oxygens (including phenoxy) is 1. The zero-order chi connectivity index (χ0) is 15.6. The second-order valence-electron chi connectivity index (χ2n) is 5.58. The Kier molecular flexibility index (Phi) is 5.12. The molecule has 0 unspecified atom stereocenters. The van der Waals surface area contributed by atoms with Gasteiger partial charge in [-0.25, -0.2) is 18.6 Å². The van der Waals surface area contributed by atoms with Gasteiger partial charge in [-0.1, -0.05) is 0 Å². The number of aromatic nitrogens is 2. The number of amides is 1. The molecule has 1 N–H and O–H groups in total. The topological polar surface area (TPSA) is 58.2 Å². The SMILES string of the molecule is CC(F)(F)CN(Cc1ncc(Br)[nH]1)C(=O)OC(C)(C)C. The quantitative estimate of drug-likeness (QED) is 0.900. The molecule has 0 radical (unpaired) electrons. The predicted octanol–water partition coefficient (Wildman–Crippen LogP) is 3.56. The molecule has 0 spiro atoms. The van der Waals surface area contributed by atoms with Gasteiger partial charge in [-0.2, -0.15) is 0 Å². The molecule has 0 aliphatic carbocycles. The van der Waals surface area contributed by atoms with E-state index in [0.717, 1.165) is 11.8 Å². The number of aromatic amines is 1. The maximum atomic E-state index is 13.2. The third kappa shape index (κ3) is 6.31. The summed E-state index contributed by atoms with van der Waals surface area (Å²) in [4.78, 5) is 19.7. The van der Waals surface area contributed by atoms with Crippen molar-refractivity contribution >= 4 is 22.0 Å². The van der Waals surface area contributed by atoms with Crippen molar-refractivity contribution < 1.29 is 18.3 Å². The number of nitrogens with zero attached hydrogens (tertiary/aromatic N) is 2. The van der Waals surface area contributed by atoms with Gasteiger partial charge >= 0.3 is 6.09 Å². The van der Waals surface area contributed by atoms with Crippen LogP contribution in [-0.2, 0) is 11.3 Å². The number of hydrogen-bond donors (Lipinski definition) is 1. The van der Waals surface area contributed by atoms with E-state index in [9.17, 15) is 13.6 Å². The molecule has 114 valence electrons. The van der Waals surface area contributed by atoms with Crippen molar-refractivity contribution in [3.8, 4) is 0 Å². The van der Waals surface area contributed by atoms with Crippen LogP contribution in [0.2, 0.25) is 0 Å². The molecule has 20 heavy (non-hydrogen) atoms. The van der Waals surface area contributed by atoms with Crippen molar-refractivity contribution in [2.45, 2.75) is 45.8 Å². The Labute approximate surface area is 124 Å². The largest absolute Gasteiger partial charge is 0.444 e. The number of carbonyl (C=O) groups excluding carboxylic acids is 1. The Morgan fingerprint density at radius 1 is 1.45 bits per heavy atom. The first-order chi connectivity index (χ1) is 8.96. The van der Waals surface area contributed by atoms with E-state index in [4.69, 9.17) is 4.74 Å². The van der Waals surface area contributed by atoms with Gasteiger partial charge in [0.1, 0.15) is 16.0 Å². The molecule has 1 heterocycles. The first-order valence-electron chi connectivity index (χ1n) is 6.01. The third-order valence-corrected chi connectivity index (χ3v) is 2.46.